The maximum Gasteiger partial charge on any atom is 0.352 e. The van der Waals surface area contributed by atoms with Gasteiger partial charge in [-0.25, -0.2) is 4.79 Å². The molecule has 31 heavy (non-hydrogen) atoms. The summed E-state index contributed by atoms with van der Waals surface area (Å²) in [4.78, 5) is 49.0. The summed E-state index contributed by atoms with van der Waals surface area (Å²) >= 11 is 1.13. The second-order valence-corrected chi connectivity index (χ2v) is 9.35. The van der Waals surface area contributed by atoms with E-state index in [-0.39, 0.29) is 29.2 Å². The fourth-order valence-electron chi connectivity index (χ4n) is 3.30. The number of ether oxygens (including phenoxy) is 1. The third-order valence-corrected chi connectivity index (χ3v) is 7.06. The number of carbonyl (C=O) groups excluding carboxylic acids is 3. The van der Waals surface area contributed by atoms with Crippen molar-refractivity contribution in [3.8, 4) is 0 Å². The lowest BCUT2D eigenvalue weighted by atomic mass is 10.0. The third-order valence-electron chi connectivity index (χ3n) is 4.64. The number of esters is 1. The third kappa shape index (κ3) is 4.57. The van der Waals surface area contributed by atoms with E-state index >= 15 is 0 Å². The Labute approximate surface area is 181 Å². The molecule has 13 heteroatoms. The number of fused-ring (bicyclic) bond motifs is 1. The van der Waals surface area contributed by atoms with E-state index in [1.807, 2.05) is 0 Å². The molecule has 11 nitrogen and oxygen atoms in total. The van der Waals surface area contributed by atoms with Crippen LogP contribution in [0.3, 0.4) is 0 Å². The molecule has 3 atom stereocenters. The van der Waals surface area contributed by atoms with Crippen LogP contribution in [0.2, 0.25) is 0 Å². The quantitative estimate of drug-likeness (QED) is 0.278. The van der Waals surface area contributed by atoms with Gasteiger partial charge >= 0.3 is 11.9 Å². The topological polar surface area (TPSA) is 167 Å². The average molecular weight is 470 g/mol. The molecule has 166 valence electrons. The highest BCUT2D eigenvalue weighted by Gasteiger charge is 2.55. The van der Waals surface area contributed by atoms with Crippen molar-refractivity contribution in [3.63, 3.8) is 0 Å². The van der Waals surface area contributed by atoms with Crippen LogP contribution in [0.5, 0.6) is 0 Å². The minimum Gasteiger partial charge on any atom is -0.477 e. The lowest BCUT2D eigenvalue weighted by Crippen LogP contribution is -2.71. The van der Waals surface area contributed by atoms with Gasteiger partial charge < -0.3 is 15.2 Å². The Morgan fingerprint density at radius 1 is 1.29 bits per heavy atom. The number of carbonyl (C=O) groups is 4. The number of nitrogens with zero attached hydrogens (tertiary/aromatic N) is 1. The van der Waals surface area contributed by atoms with Gasteiger partial charge in [0.05, 0.1) is 0 Å². The van der Waals surface area contributed by atoms with Gasteiger partial charge in [0.25, 0.3) is 16.0 Å². The van der Waals surface area contributed by atoms with Gasteiger partial charge in [-0.2, -0.15) is 8.42 Å². The molecule has 2 aliphatic heterocycles. The van der Waals surface area contributed by atoms with Crippen LogP contribution >= 0.6 is 11.8 Å². The van der Waals surface area contributed by atoms with Gasteiger partial charge in [0, 0.05) is 18.2 Å². The minimum absolute atomic E-state index is 0.0113. The maximum atomic E-state index is 12.7. The molecule has 0 bridgehead atoms. The zero-order chi connectivity index (χ0) is 22.9. The number of rotatable bonds is 7. The second-order valence-electron chi connectivity index (χ2n) is 6.74. The fourth-order valence-corrected chi connectivity index (χ4v) is 5.47. The Kier molecular flexibility index (Phi) is 6.38. The van der Waals surface area contributed by atoms with Crippen molar-refractivity contribution in [2.45, 2.75) is 23.6 Å². The van der Waals surface area contributed by atoms with Gasteiger partial charge in [0.15, 0.2) is 5.25 Å². The average Bonchev–Trinajstić information content (AvgIpc) is 2.69. The Bertz CT molecular complexity index is 1070. The molecule has 2 aliphatic rings. The molecule has 1 saturated heterocycles. The summed E-state index contributed by atoms with van der Waals surface area (Å²) in [5, 5.41) is 9.09. The molecule has 0 aromatic heterocycles. The summed E-state index contributed by atoms with van der Waals surface area (Å²) < 4.78 is 38.0. The van der Waals surface area contributed by atoms with Crippen molar-refractivity contribution >= 4 is 45.6 Å². The van der Waals surface area contributed by atoms with E-state index in [4.69, 9.17) is 4.74 Å². The first-order valence-electron chi connectivity index (χ1n) is 8.87. The SMILES string of the molecule is CC(=O)OCC1=C(C(=O)O)N2C(=O)[C@@H](NC(=O)[C@@H](c3ccccc3)S(=O)(=O)O)[C@H]2SC1. The molecule has 1 aromatic rings. The molecule has 0 radical (unpaired) electrons. The highest BCUT2D eigenvalue weighted by atomic mass is 32.2. The Hall–Kier alpha value is -2.90. The van der Waals surface area contributed by atoms with Crippen molar-refractivity contribution in [1.29, 1.82) is 0 Å². The molecule has 0 spiro atoms. The van der Waals surface area contributed by atoms with Crippen molar-refractivity contribution < 1.29 is 42.0 Å². The van der Waals surface area contributed by atoms with Gasteiger partial charge in [-0.15, -0.1) is 11.8 Å². The van der Waals surface area contributed by atoms with Crippen molar-refractivity contribution in [2.24, 2.45) is 0 Å². The minimum atomic E-state index is -4.84. The maximum absolute atomic E-state index is 12.7. The number of hydrogen-bond acceptors (Lipinski definition) is 8. The molecule has 3 rings (SSSR count). The molecule has 0 saturated carbocycles. The van der Waals surface area contributed by atoms with Crippen LogP contribution in [0.25, 0.3) is 0 Å². The standard InChI is InChI=1S/C18H18N2O9S2/c1-9(21)29-7-11-8-30-17-12(16(23)20(17)13(11)18(24)25)19-15(22)14(31(26,27)28)10-5-3-2-4-6-10/h2-6,12,14,17H,7-8H2,1H3,(H,19,22)(H,24,25)(H,26,27,28)/t12-,14-,17-/m1/s1. The summed E-state index contributed by atoms with van der Waals surface area (Å²) in [6.07, 6.45) is 0. The first-order valence-corrected chi connectivity index (χ1v) is 11.4. The van der Waals surface area contributed by atoms with Crippen molar-refractivity contribution in [2.75, 3.05) is 12.4 Å². The van der Waals surface area contributed by atoms with Crippen LogP contribution < -0.4 is 5.32 Å². The first kappa shape index (κ1) is 22.8. The molecule has 2 amide bonds. The number of carboxylic acid groups (broad SMARTS) is 1. The second kappa shape index (κ2) is 8.69. The monoisotopic (exact) mass is 470 g/mol. The summed E-state index contributed by atoms with van der Waals surface area (Å²) in [6.45, 7) is 0.870. The highest BCUT2D eigenvalue weighted by molar-refractivity contribution is 8.00. The van der Waals surface area contributed by atoms with Gasteiger partial charge in [-0.1, -0.05) is 30.3 Å². The van der Waals surface area contributed by atoms with Gasteiger partial charge in [0.2, 0.25) is 5.91 Å². The molecular weight excluding hydrogens is 452 g/mol. The number of thioether (sulfide) groups is 1. The molecule has 1 fully saturated rings. The number of aliphatic carboxylic acids is 1. The van der Waals surface area contributed by atoms with Gasteiger partial charge in [-0.05, 0) is 5.56 Å². The molecule has 1 aromatic carbocycles. The zero-order valence-corrected chi connectivity index (χ0v) is 17.7. The highest BCUT2D eigenvalue weighted by Crippen LogP contribution is 2.40. The Morgan fingerprint density at radius 2 is 1.94 bits per heavy atom. The lowest BCUT2D eigenvalue weighted by molar-refractivity contribution is -0.151. The van der Waals surface area contributed by atoms with E-state index < -0.39 is 50.5 Å². The summed E-state index contributed by atoms with van der Waals surface area (Å²) in [6, 6.07) is 6.08. The van der Waals surface area contributed by atoms with Crippen molar-refractivity contribution in [1.82, 2.24) is 10.2 Å². The summed E-state index contributed by atoms with van der Waals surface area (Å²) in [5.74, 6) is -3.76. The fraction of sp³-hybridized carbons (Fsp3) is 0.333. The van der Waals surface area contributed by atoms with Crippen LogP contribution in [0.15, 0.2) is 41.6 Å². The largest absolute Gasteiger partial charge is 0.477 e. The predicted molar refractivity (Wildman–Crippen MR) is 107 cm³/mol. The molecule has 3 N–H and O–H groups in total. The van der Waals surface area contributed by atoms with Crippen LogP contribution in [-0.2, 0) is 34.0 Å². The van der Waals surface area contributed by atoms with Crippen LogP contribution in [0.4, 0.5) is 0 Å². The first-order chi connectivity index (χ1) is 14.5. The Morgan fingerprint density at radius 3 is 2.48 bits per heavy atom. The van der Waals surface area contributed by atoms with E-state index in [0.29, 0.717) is 0 Å². The van der Waals surface area contributed by atoms with Gasteiger partial charge in [0.1, 0.15) is 23.7 Å². The molecule has 0 aliphatic carbocycles. The number of β-lactam (4-membered cyclic amide) rings is 1. The van der Waals surface area contributed by atoms with Crippen molar-refractivity contribution in [3.05, 3.63) is 47.2 Å². The van der Waals surface area contributed by atoms with E-state index in [9.17, 15) is 37.3 Å². The lowest BCUT2D eigenvalue weighted by Gasteiger charge is -2.49. The van der Waals surface area contributed by atoms with Gasteiger partial charge in [-0.3, -0.25) is 23.8 Å². The van der Waals surface area contributed by atoms with Crippen LogP contribution in [0.1, 0.15) is 17.7 Å². The van der Waals surface area contributed by atoms with Crippen LogP contribution in [-0.4, -0.2) is 70.5 Å². The number of benzene rings is 1. The van der Waals surface area contributed by atoms with E-state index in [1.54, 1.807) is 6.07 Å². The molecular formula is C18H18N2O9S2. The molecule has 0 unspecified atom stereocenters. The number of amides is 2. The number of carboxylic acids is 1. The van der Waals surface area contributed by atoms with E-state index in [2.05, 4.69) is 5.32 Å². The smallest absolute Gasteiger partial charge is 0.352 e. The predicted octanol–water partition coefficient (Wildman–Crippen LogP) is -0.0828. The summed E-state index contributed by atoms with van der Waals surface area (Å²) in [5.41, 5.74) is -0.103. The molecule has 2 heterocycles. The Balaban J connectivity index is 1.81. The van der Waals surface area contributed by atoms with Crippen LogP contribution in [0, 0.1) is 0 Å². The van der Waals surface area contributed by atoms with E-state index in [1.165, 1.54) is 31.2 Å². The zero-order valence-electron chi connectivity index (χ0n) is 16.0. The van der Waals surface area contributed by atoms with E-state index in [0.717, 1.165) is 16.7 Å². The summed E-state index contributed by atoms with van der Waals surface area (Å²) in [7, 11) is -4.84. The number of nitrogens with one attached hydrogen (secondary N) is 1. The number of hydrogen-bond donors (Lipinski definition) is 3. The normalized spacial score (nSPS) is 21.6.